The highest BCUT2D eigenvalue weighted by Crippen LogP contribution is 2.40. The molecule has 2 amide bonds. The zero-order valence-corrected chi connectivity index (χ0v) is 23.5. The van der Waals surface area contributed by atoms with Gasteiger partial charge in [0.15, 0.2) is 6.10 Å². The first-order valence-corrected chi connectivity index (χ1v) is 13.7. The molecule has 0 aliphatic carbocycles. The molecule has 1 aliphatic rings. The van der Waals surface area contributed by atoms with Crippen molar-refractivity contribution in [3.8, 4) is 5.75 Å². The highest BCUT2D eigenvalue weighted by Gasteiger charge is 2.49. The third-order valence-electron chi connectivity index (χ3n) is 6.71. The summed E-state index contributed by atoms with van der Waals surface area (Å²) in [5.41, 5.74) is 1.53. The average molecular weight is 556 g/mol. The van der Waals surface area contributed by atoms with E-state index in [2.05, 4.69) is 17.2 Å². The third-order valence-corrected chi connectivity index (χ3v) is 8.10. The van der Waals surface area contributed by atoms with E-state index in [1.54, 1.807) is 31.2 Å². The molecule has 2 aromatic carbocycles. The van der Waals surface area contributed by atoms with Crippen LogP contribution in [0.5, 0.6) is 5.75 Å². The van der Waals surface area contributed by atoms with E-state index in [9.17, 15) is 24.6 Å². The summed E-state index contributed by atoms with van der Waals surface area (Å²) in [6.07, 6.45) is -0.829. The van der Waals surface area contributed by atoms with Crippen molar-refractivity contribution < 1.29 is 29.3 Å². The Hall–Kier alpha value is -3.18. The molecule has 1 saturated heterocycles. The summed E-state index contributed by atoms with van der Waals surface area (Å²) < 4.78 is 4.71. The van der Waals surface area contributed by atoms with Gasteiger partial charge in [-0.15, -0.1) is 18.3 Å². The van der Waals surface area contributed by atoms with E-state index in [4.69, 9.17) is 4.74 Å². The molecule has 3 unspecified atom stereocenters. The smallest absolute Gasteiger partial charge is 0.308 e. The van der Waals surface area contributed by atoms with Gasteiger partial charge in [-0.1, -0.05) is 42.5 Å². The molecular weight excluding hydrogens is 518 g/mol. The van der Waals surface area contributed by atoms with Crippen molar-refractivity contribution in [2.75, 3.05) is 12.4 Å². The van der Waals surface area contributed by atoms with Crippen LogP contribution in [0.25, 0.3) is 0 Å². The molecule has 2 aromatic rings. The topological polar surface area (TPSA) is 128 Å². The van der Waals surface area contributed by atoms with Crippen LogP contribution in [0.4, 0.5) is 0 Å². The minimum absolute atomic E-state index is 0.189. The number of aliphatic hydroxyl groups excluding tert-OH is 2. The zero-order chi connectivity index (χ0) is 28.7. The van der Waals surface area contributed by atoms with Gasteiger partial charge < -0.3 is 25.2 Å². The summed E-state index contributed by atoms with van der Waals surface area (Å²) in [7, 11) is 0. The van der Waals surface area contributed by atoms with Crippen LogP contribution in [0.15, 0.2) is 61.2 Å². The fourth-order valence-corrected chi connectivity index (χ4v) is 5.85. The van der Waals surface area contributed by atoms with Gasteiger partial charge in [0.05, 0.1) is 18.0 Å². The maximum atomic E-state index is 13.7. The lowest BCUT2D eigenvalue weighted by Crippen LogP contribution is -2.60. The predicted octanol–water partition coefficient (Wildman–Crippen LogP) is 2.40. The molecule has 1 aliphatic heterocycles. The molecule has 4 atom stereocenters. The van der Waals surface area contributed by atoms with Crippen LogP contribution < -0.4 is 15.4 Å². The van der Waals surface area contributed by atoms with Gasteiger partial charge in [0.2, 0.25) is 0 Å². The van der Waals surface area contributed by atoms with Crippen LogP contribution in [0, 0.1) is 6.92 Å². The van der Waals surface area contributed by atoms with Crippen molar-refractivity contribution in [3.63, 3.8) is 0 Å². The number of carbonyl (C=O) groups excluding carboxylic acids is 3. The fraction of sp³-hybridized carbons (Fsp3) is 0.414. The largest absolute Gasteiger partial charge is 0.426 e. The number of nitrogens with zero attached hydrogens (tertiary/aromatic N) is 1. The number of carbonyl (C=O) groups is 3. The zero-order valence-electron chi connectivity index (χ0n) is 22.7. The van der Waals surface area contributed by atoms with E-state index in [1.165, 1.54) is 23.6 Å². The van der Waals surface area contributed by atoms with E-state index in [0.717, 1.165) is 5.56 Å². The Kier molecular flexibility index (Phi) is 10.3. The second-order valence-corrected chi connectivity index (χ2v) is 11.6. The van der Waals surface area contributed by atoms with Gasteiger partial charge in [-0.3, -0.25) is 19.7 Å². The minimum Gasteiger partial charge on any atom is -0.426 e. The van der Waals surface area contributed by atoms with Crippen LogP contribution in [0.1, 0.15) is 42.3 Å². The second-order valence-electron chi connectivity index (χ2n) is 10.0. The number of nitrogens with one attached hydrogen (secondary N) is 2. The van der Waals surface area contributed by atoms with Gasteiger partial charge in [0.25, 0.3) is 11.8 Å². The summed E-state index contributed by atoms with van der Waals surface area (Å²) in [4.78, 5) is 40.0. The highest BCUT2D eigenvalue weighted by atomic mass is 32.2. The van der Waals surface area contributed by atoms with E-state index < -0.39 is 46.9 Å². The summed E-state index contributed by atoms with van der Waals surface area (Å²) in [6, 6.07) is 12.4. The van der Waals surface area contributed by atoms with Crippen LogP contribution in [-0.4, -0.2) is 74.5 Å². The van der Waals surface area contributed by atoms with Crippen LogP contribution in [0.3, 0.4) is 0 Å². The Morgan fingerprint density at radius 1 is 1.18 bits per heavy atom. The fourth-order valence-electron chi connectivity index (χ4n) is 4.67. The Morgan fingerprint density at radius 2 is 1.87 bits per heavy atom. The van der Waals surface area contributed by atoms with Gasteiger partial charge in [0, 0.05) is 29.3 Å². The maximum absolute atomic E-state index is 13.7. The summed E-state index contributed by atoms with van der Waals surface area (Å²) in [5.74, 6) is -1.09. The summed E-state index contributed by atoms with van der Waals surface area (Å²) in [6.45, 7) is 10.8. The number of ether oxygens (including phenoxy) is 1. The van der Waals surface area contributed by atoms with Crippen molar-refractivity contribution in [1.82, 2.24) is 15.5 Å². The molecule has 0 aromatic heterocycles. The number of hydrogen-bond acceptors (Lipinski definition) is 8. The number of thioether (sulfide) groups is 1. The lowest BCUT2D eigenvalue weighted by atomic mass is 9.96. The van der Waals surface area contributed by atoms with Crippen LogP contribution in [-0.2, 0) is 16.0 Å². The lowest BCUT2D eigenvalue weighted by molar-refractivity contribution is -0.145. The van der Waals surface area contributed by atoms with Gasteiger partial charge in [-0.2, -0.15) is 0 Å². The standard InChI is InChI=1S/C29H37N3O6S/c1-6-15-30-27(36)25-29(4,5)39-17-32(25)28(37)24(34)22(16-20-11-8-7-9-12-20)31-26(35)21-13-10-14-23(18(21)2)38-19(3)33/h6-14,22,24-25,27,30,34,36H,1,15-17H2,2-5H3,(H,31,35)/t22?,24?,25-,27?/m1/s1. The number of amides is 2. The van der Waals surface area contributed by atoms with Crippen molar-refractivity contribution in [2.45, 2.75) is 63.3 Å². The third kappa shape index (κ3) is 7.48. The molecule has 9 nitrogen and oxygen atoms in total. The maximum Gasteiger partial charge on any atom is 0.308 e. The van der Waals surface area contributed by atoms with E-state index in [0.29, 0.717) is 12.1 Å². The van der Waals surface area contributed by atoms with E-state index in [-0.39, 0.29) is 23.6 Å². The van der Waals surface area contributed by atoms with Crippen molar-refractivity contribution in [1.29, 1.82) is 0 Å². The number of aliphatic hydroxyl groups is 2. The van der Waals surface area contributed by atoms with Crippen molar-refractivity contribution in [3.05, 3.63) is 77.9 Å². The number of rotatable bonds is 11. The highest BCUT2D eigenvalue weighted by molar-refractivity contribution is 8.00. The first-order chi connectivity index (χ1) is 18.5. The van der Waals surface area contributed by atoms with Gasteiger partial charge >= 0.3 is 5.97 Å². The van der Waals surface area contributed by atoms with E-state index >= 15 is 0 Å². The summed E-state index contributed by atoms with van der Waals surface area (Å²) >= 11 is 1.50. The molecule has 0 bridgehead atoms. The van der Waals surface area contributed by atoms with Gasteiger partial charge in [0.1, 0.15) is 12.0 Å². The second kappa shape index (κ2) is 13.3. The molecule has 0 saturated carbocycles. The normalized spacial score (nSPS) is 18.6. The summed E-state index contributed by atoms with van der Waals surface area (Å²) in [5, 5.41) is 28.0. The van der Waals surface area contributed by atoms with Crippen LogP contribution >= 0.6 is 11.8 Å². The van der Waals surface area contributed by atoms with Gasteiger partial charge in [-0.05, 0) is 44.9 Å². The predicted molar refractivity (Wildman–Crippen MR) is 151 cm³/mol. The minimum atomic E-state index is -1.59. The van der Waals surface area contributed by atoms with Crippen molar-refractivity contribution in [2.24, 2.45) is 0 Å². The molecule has 39 heavy (non-hydrogen) atoms. The molecule has 3 rings (SSSR count). The quantitative estimate of drug-likeness (QED) is 0.144. The molecule has 0 spiro atoms. The first kappa shape index (κ1) is 30.4. The Balaban J connectivity index is 1.89. The number of esters is 1. The molecule has 10 heteroatoms. The Morgan fingerprint density at radius 3 is 2.51 bits per heavy atom. The Labute approximate surface area is 233 Å². The lowest BCUT2D eigenvalue weighted by Gasteiger charge is -2.37. The van der Waals surface area contributed by atoms with E-state index in [1.807, 2.05) is 44.2 Å². The monoisotopic (exact) mass is 555 g/mol. The Bertz CT molecular complexity index is 1190. The van der Waals surface area contributed by atoms with Crippen molar-refractivity contribution >= 4 is 29.5 Å². The SMILES string of the molecule is C=CCNC(O)[C@H]1N(C(=O)C(O)C(Cc2ccccc2)NC(=O)c2cccc(OC(C)=O)c2C)CSC1(C)C. The molecular formula is C29H37N3O6S. The number of hydrogen-bond donors (Lipinski definition) is 4. The molecule has 0 radical (unpaired) electrons. The molecule has 210 valence electrons. The first-order valence-electron chi connectivity index (χ1n) is 12.7. The molecule has 4 N–H and O–H groups in total. The van der Waals surface area contributed by atoms with Crippen LogP contribution in [0.2, 0.25) is 0 Å². The average Bonchev–Trinajstić information content (AvgIpc) is 3.22. The molecule has 1 fully saturated rings. The molecule has 1 heterocycles. The number of benzene rings is 2. The van der Waals surface area contributed by atoms with Gasteiger partial charge in [-0.25, -0.2) is 0 Å².